The molecule has 10 heteroatoms. The Labute approximate surface area is 236 Å². The quantitative estimate of drug-likeness (QED) is 0.349. The van der Waals surface area contributed by atoms with Crippen LogP contribution in [0.5, 0.6) is 5.75 Å². The number of ether oxygens (including phenoxy) is 1. The van der Waals surface area contributed by atoms with Crippen molar-refractivity contribution in [1.82, 2.24) is 19.8 Å². The van der Waals surface area contributed by atoms with Gasteiger partial charge in [0.15, 0.2) is 0 Å². The van der Waals surface area contributed by atoms with E-state index in [1.54, 1.807) is 25.3 Å². The lowest BCUT2D eigenvalue weighted by atomic mass is 9.97. The van der Waals surface area contributed by atoms with E-state index in [1.165, 1.54) is 23.5 Å². The average molecular weight is 560 g/mol. The summed E-state index contributed by atoms with van der Waals surface area (Å²) in [6.45, 7) is 3.79. The van der Waals surface area contributed by atoms with Gasteiger partial charge in [0.1, 0.15) is 23.0 Å². The van der Waals surface area contributed by atoms with Crippen LogP contribution in [0.4, 0.5) is 10.1 Å². The van der Waals surface area contributed by atoms with E-state index in [-0.39, 0.29) is 23.5 Å². The van der Waals surface area contributed by atoms with Crippen LogP contribution in [0.15, 0.2) is 60.0 Å². The number of rotatable bonds is 5. The number of hydrogen-bond acceptors (Lipinski definition) is 7. The number of anilines is 1. The Morgan fingerprint density at radius 1 is 0.875 bits per heavy atom. The zero-order chi connectivity index (χ0) is 27.6. The van der Waals surface area contributed by atoms with Gasteiger partial charge in [-0.3, -0.25) is 9.59 Å². The molecule has 2 aliphatic heterocycles. The van der Waals surface area contributed by atoms with Crippen molar-refractivity contribution in [3.63, 3.8) is 0 Å². The maximum atomic E-state index is 13.3. The second-order valence-electron chi connectivity index (χ2n) is 10.1. The number of fused-ring (bicyclic) bond motifs is 1. The van der Waals surface area contributed by atoms with Crippen LogP contribution in [0.25, 0.3) is 10.9 Å². The first-order valence-electron chi connectivity index (χ1n) is 13.5. The fourth-order valence-corrected chi connectivity index (χ4v) is 6.43. The van der Waals surface area contributed by atoms with Gasteiger partial charge in [-0.1, -0.05) is 12.1 Å². The third-order valence-corrected chi connectivity index (χ3v) is 8.76. The summed E-state index contributed by atoms with van der Waals surface area (Å²) in [7, 11) is 1.60. The third-order valence-electron chi connectivity index (χ3n) is 7.75. The number of aromatic nitrogens is 2. The number of methoxy groups -OCH3 is 1. The molecule has 4 aromatic rings. The second kappa shape index (κ2) is 11.2. The maximum absolute atomic E-state index is 13.3. The first-order valence-corrected chi connectivity index (χ1v) is 14.4. The minimum Gasteiger partial charge on any atom is -0.496 e. The zero-order valence-corrected chi connectivity index (χ0v) is 23.1. The summed E-state index contributed by atoms with van der Waals surface area (Å²) in [6.07, 6.45) is 1.57. The largest absolute Gasteiger partial charge is 0.496 e. The number of piperazine rings is 1. The van der Waals surface area contributed by atoms with Crippen LogP contribution in [0.1, 0.15) is 44.7 Å². The van der Waals surface area contributed by atoms with Crippen molar-refractivity contribution >= 4 is 39.7 Å². The fourth-order valence-electron chi connectivity index (χ4n) is 5.47. The van der Waals surface area contributed by atoms with Gasteiger partial charge in [-0.05, 0) is 49.2 Å². The van der Waals surface area contributed by atoms with Crippen LogP contribution < -0.4 is 9.64 Å². The highest BCUT2D eigenvalue weighted by atomic mass is 32.1. The van der Waals surface area contributed by atoms with E-state index >= 15 is 0 Å². The predicted molar refractivity (Wildman–Crippen MR) is 153 cm³/mol. The fraction of sp³-hybridized carbons (Fsp3) is 0.333. The molecule has 0 aliphatic carbocycles. The molecule has 2 aliphatic rings. The molecule has 0 atom stereocenters. The standard InChI is InChI=1S/C30H30FN5O3S/c1-39-27-18-25(32-24-5-3-2-4-23(24)27)29(37)35-12-10-20(11-13-35)28-33-26(19-40-28)30(38)36-16-14-34(15-17-36)22-8-6-21(31)7-9-22/h2-9,18-20H,10-17H2,1H3. The highest BCUT2D eigenvalue weighted by Gasteiger charge is 2.29. The number of halogens is 1. The summed E-state index contributed by atoms with van der Waals surface area (Å²) in [5.74, 6) is 0.449. The van der Waals surface area contributed by atoms with Crippen LogP contribution in [0.2, 0.25) is 0 Å². The van der Waals surface area contributed by atoms with Gasteiger partial charge in [0, 0.05) is 67.7 Å². The number of carbonyl (C=O) groups is 2. The molecule has 2 saturated heterocycles. The highest BCUT2D eigenvalue weighted by molar-refractivity contribution is 7.09. The molecular weight excluding hydrogens is 529 g/mol. The number of piperidine rings is 1. The van der Waals surface area contributed by atoms with Crippen molar-refractivity contribution in [2.24, 2.45) is 0 Å². The molecule has 8 nitrogen and oxygen atoms in total. The number of likely N-dealkylation sites (tertiary alicyclic amines) is 1. The number of carbonyl (C=O) groups excluding carboxylic acids is 2. The normalized spacial score (nSPS) is 16.4. The topological polar surface area (TPSA) is 78.9 Å². The van der Waals surface area contributed by atoms with Crippen molar-refractivity contribution in [1.29, 1.82) is 0 Å². The van der Waals surface area contributed by atoms with Gasteiger partial charge in [-0.25, -0.2) is 14.4 Å². The van der Waals surface area contributed by atoms with Crippen molar-refractivity contribution in [3.8, 4) is 5.75 Å². The van der Waals surface area contributed by atoms with Gasteiger partial charge in [0.2, 0.25) is 0 Å². The Balaban J connectivity index is 1.05. The number of thiazole rings is 1. The van der Waals surface area contributed by atoms with Crippen molar-refractivity contribution in [3.05, 3.63) is 82.2 Å². The molecule has 0 bridgehead atoms. The summed E-state index contributed by atoms with van der Waals surface area (Å²) < 4.78 is 18.8. The first-order chi connectivity index (χ1) is 19.5. The minimum absolute atomic E-state index is 0.0507. The molecule has 2 amide bonds. The first kappa shape index (κ1) is 26.2. The Kier molecular flexibility index (Phi) is 7.34. The monoisotopic (exact) mass is 559 g/mol. The molecule has 4 heterocycles. The molecule has 2 fully saturated rings. The second-order valence-corrected chi connectivity index (χ2v) is 11.0. The Morgan fingerprint density at radius 3 is 2.27 bits per heavy atom. The summed E-state index contributed by atoms with van der Waals surface area (Å²) >= 11 is 1.52. The molecule has 0 radical (unpaired) electrons. The number of nitrogens with zero attached hydrogens (tertiary/aromatic N) is 5. The number of benzene rings is 2. The van der Waals surface area contributed by atoms with Gasteiger partial charge in [0.25, 0.3) is 11.8 Å². The smallest absolute Gasteiger partial charge is 0.273 e. The van der Waals surface area contributed by atoms with Gasteiger partial charge in [-0.2, -0.15) is 0 Å². The summed E-state index contributed by atoms with van der Waals surface area (Å²) in [5.41, 5.74) is 2.57. The number of para-hydroxylation sites is 1. The molecule has 0 saturated carbocycles. The third kappa shape index (κ3) is 5.23. The van der Waals surface area contributed by atoms with Gasteiger partial charge >= 0.3 is 0 Å². The van der Waals surface area contributed by atoms with E-state index in [0.717, 1.165) is 34.4 Å². The van der Waals surface area contributed by atoms with E-state index in [9.17, 15) is 14.0 Å². The molecule has 6 rings (SSSR count). The number of amides is 2. The van der Waals surface area contributed by atoms with Crippen molar-refractivity contribution in [2.75, 3.05) is 51.3 Å². The summed E-state index contributed by atoms with van der Waals surface area (Å²) in [6, 6.07) is 15.8. The lowest BCUT2D eigenvalue weighted by Gasteiger charge is -2.35. The highest BCUT2D eigenvalue weighted by Crippen LogP contribution is 2.32. The number of pyridine rings is 1. The maximum Gasteiger partial charge on any atom is 0.273 e. The molecule has 40 heavy (non-hydrogen) atoms. The van der Waals surface area contributed by atoms with Crippen LogP contribution in [-0.4, -0.2) is 78.0 Å². The van der Waals surface area contributed by atoms with Crippen LogP contribution >= 0.6 is 11.3 Å². The minimum atomic E-state index is -0.253. The summed E-state index contributed by atoms with van der Waals surface area (Å²) in [4.78, 5) is 41.6. The molecular formula is C30H30FN5O3S. The van der Waals surface area contributed by atoms with Crippen LogP contribution in [-0.2, 0) is 0 Å². The van der Waals surface area contributed by atoms with E-state index in [1.807, 2.05) is 39.4 Å². The van der Waals surface area contributed by atoms with E-state index in [0.29, 0.717) is 56.4 Å². The van der Waals surface area contributed by atoms with Crippen molar-refractivity contribution < 1.29 is 18.7 Å². The Hall–Kier alpha value is -4.05. The zero-order valence-electron chi connectivity index (χ0n) is 22.3. The Bertz CT molecular complexity index is 1530. The molecule has 2 aromatic heterocycles. The molecule has 2 aromatic carbocycles. The summed E-state index contributed by atoms with van der Waals surface area (Å²) in [5, 5.41) is 3.68. The van der Waals surface area contributed by atoms with Gasteiger partial charge in [-0.15, -0.1) is 11.3 Å². The van der Waals surface area contributed by atoms with Crippen LogP contribution in [0, 0.1) is 5.82 Å². The SMILES string of the molecule is COc1cc(C(=O)N2CCC(c3nc(C(=O)N4CCN(c5ccc(F)cc5)CC4)cs3)CC2)nc2ccccc12. The van der Waals surface area contributed by atoms with Crippen LogP contribution in [0.3, 0.4) is 0 Å². The molecule has 206 valence electrons. The molecule has 0 unspecified atom stereocenters. The van der Waals surface area contributed by atoms with Crippen molar-refractivity contribution in [2.45, 2.75) is 18.8 Å². The van der Waals surface area contributed by atoms with Gasteiger partial charge < -0.3 is 19.4 Å². The molecule has 0 spiro atoms. The lowest BCUT2D eigenvalue weighted by molar-refractivity contribution is 0.0707. The average Bonchev–Trinajstić information content (AvgIpc) is 3.51. The van der Waals surface area contributed by atoms with E-state index in [2.05, 4.69) is 9.88 Å². The predicted octanol–water partition coefficient (Wildman–Crippen LogP) is 4.82. The van der Waals surface area contributed by atoms with E-state index < -0.39 is 0 Å². The Morgan fingerprint density at radius 2 is 1.55 bits per heavy atom. The lowest BCUT2D eigenvalue weighted by Crippen LogP contribution is -2.48. The molecule has 0 N–H and O–H groups in total. The van der Waals surface area contributed by atoms with Gasteiger partial charge in [0.05, 0.1) is 17.6 Å². The number of hydrogen-bond donors (Lipinski definition) is 0. The van der Waals surface area contributed by atoms with E-state index in [4.69, 9.17) is 9.72 Å².